The Hall–Kier alpha value is -2.31. The summed E-state index contributed by atoms with van der Waals surface area (Å²) >= 11 is 0. The van der Waals surface area contributed by atoms with Crippen LogP contribution in [0.2, 0.25) is 0 Å². The number of carbonyl (C=O) groups is 2. The van der Waals surface area contributed by atoms with E-state index >= 15 is 0 Å². The van der Waals surface area contributed by atoms with E-state index in [4.69, 9.17) is 4.74 Å². The van der Waals surface area contributed by atoms with Crippen LogP contribution in [0.1, 0.15) is 5.56 Å². The highest BCUT2D eigenvalue weighted by molar-refractivity contribution is 5.69. The Morgan fingerprint density at radius 3 is 2.68 bits per heavy atom. The lowest BCUT2D eigenvalue weighted by Gasteiger charge is -2.34. The quantitative estimate of drug-likeness (QED) is 0.834. The molecule has 1 atom stereocenters. The summed E-state index contributed by atoms with van der Waals surface area (Å²) in [5.41, 5.74) is 1.35. The first kappa shape index (κ1) is 14.6. The minimum absolute atomic E-state index is 0.242. The zero-order chi connectivity index (χ0) is 15.5. The number of halogens is 1. The van der Waals surface area contributed by atoms with Crippen LogP contribution in [0.15, 0.2) is 18.2 Å². The van der Waals surface area contributed by atoms with E-state index in [9.17, 15) is 14.0 Å². The smallest absolute Gasteiger partial charge is 0.407 e. The second-order valence-corrected chi connectivity index (χ2v) is 5.53. The molecule has 7 heteroatoms. The molecule has 2 aliphatic heterocycles. The average Bonchev–Trinajstić information content (AvgIpc) is 2.93. The lowest BCUT2D eigenvalue weighted by atomic mass is 10.1. The van der Waals surface area contributed by atoms with Crippen LogP contribution in [0.3, 0.4) is 0 Å². The zero-order valence-corrected chi connectivity index (χ0v) is 12.1. The first-order valence-corrected chi connectivity index (χ1v) is 7.33. The number of cyclic esters (lactones) is 1. The topological polar surface area (TPSA) is 61.9 Å². The van der Waals surface area contributed by atoms with Crippen molar-refractivity contribution in [2.75, 3.05) is 37.6 Å². The third-order valence-corrected chi connectivity index (χ3v) is 4.03. The molecule has 118 valence electrons. The van der Waals surface area contributed by atoms with Gasteiger partial charge in [-0.3, -0.25) is 4.79 Å². The van der Waals surface area contributed by atoms with E-state index in [1.807, 2.05) is 11.0 Å². The number of benzene rings is 1. The Bertz CT molecular complexity index is 573. The van der Waals surface area contributed by atoms with Gasteiger partial charge >= 0.3 is 6.09 Å². The highest BCUT2D eigenvalue weighted by Crippen LogP contribution is 2.23. The lowest BCUT2D eigenvalue weighted by molar-refractivity contribution is -0.118. The van der Waals surface area contributed by atoms with Gasteiger partial charge in [-0.2, -0.15) is 0 Å². The maximum Gasteiger partial charge on any atom is 0.407 e. The number of anilines is 1. The molecule has 0 aromatic heterocycles. The fourth-order valence-corrected chi connectivity index (χ4v) is 2.81. The summed E-state index contributed by atoms with van der Waals surface area (Å²) in [5, 5.41) is 2.58. The van der Waals surface area contributed by atoms with Gasteiger partial charge in [0.15, 0.2) is 0 Å². The highest BCUT2D eigenvalue weighted by Gasteiger charge is 2.23. The molecule has 0 aliphatic carbocycles. The molecule has 2 fully saturated rings. The zero-order valence-electron chi connectivity index (χ0n) is 12.1. The molecular formula is C15H18FN3O3. The van der Waals surface area contributed by atoms with Crippen molar-refractivity contribution in [1.82, 2.24) is 10.2 Å². The summed E-state index contributed by atoms with van der Waals surface area (Å²) in [4.78, 5) is 25.3. The SMILES string of the molecule is O=CN1CCN(c2ccc(CC3CNC(=O)O3)cc2F)CC1. The van der Waals surface area contributed by atoms with Crippen molar-refractivity contribution < 1.29 is 18.7 Å². The van der Waals surface area contributed by atoms with Crippen LogP contribution >= 0.6 is 0 Å². The third kappa shape index (κ3) is 3.13. The summed E-state index contributed by atoms with van der Waals surface area (Å²) in [6.45, 7) is 2.91. The Morgan fingerprint density at radius 2 is 2.09 bits per heavy atom. The van der Waals surface area contributed by atoms with Gasteiger partial charge in [0.2, 0.25) is 6.41 Å². The number of hydrogen-bond donors (Lipinski definition) is 1. The molecule has 1 unspecified atom stereocenters. The van der Waals surface area contributed by atoms with Crippen LogP contribution < -0.4 is 10.2 Å². The number of piperazine rings is 1. The number of amides is 2. The van der Waals surface area contributed by atoms with Crippen LogP contribution in [0.5, 0.6) is 0 Å². The third-order valence-electron chi connectivity index (χ3n) is 4.03. The number of rotatable bonds is 4. The van der Waals surface area contributed by atoms with Gasteiger partial charge in [0.1, 0.15) is 11.9 Å². The molecule has 2 heterocycles. The maximum atomic E-state index is 14.3. The second kappa shape index (κ2) is 6.21. The minimum Gasteiger partial charge on any atom is -0.444 e. The molecule has 1 N–H and O–H groups in total. The molecule has 6 nitrogen and oxygen atoms in total. The number of hydrogen-bond acceptors (Lipinski definition) is 4. The van der Waals surface area contributed by atoms with Gasteiger partial charge in [0.05, 0.1) is 12.2 Å². The lowest BCUT2D eigenvalue weighted by Crippen LogP contribution is -2.46. The van der Waals surface area contributed by atoms with Crippen LogP contribution in [-0.2, 0) is 16.0 Å². The standard InChI is InChI=1S/C15H18FN3O3/c16-13-8-11(7-12-9-17-15(21)22-12)1-2-14(13)19-5-3-18(10-20)4-6-19/h1-2,8,10,12H,3-7,9H2,(H,17,21). The molecule has 2 saturated heterocycles. The molecule has 0 saturated carbocycles. The predicted octanol–water partition coefficient (Wildman–Crippen LogP) is 0.755. The molecule has 0 spiro atoms. The Kier molecular flexibility index (Phi) is 4.13. The highest BCUT2D eigenvalue weighted by atomic mass is 19.1. The van der Waals surface area contributed by atoms with E-state index in [-0.39, 0.29) is 11.9 Å². The van der Waals surface area contributed by atoms with Crippen molar-refractivity contribution in [2.24, 2.45) is 0 Å². The number of nitrogens with zero attached hydrogens (tertiary/aromatic N) is 2. The number of ether oxygens (including phenoxy) is 1. The minimum atomic E-state index is -0.421. The van der Waals surface area contributed by atoms with E-state index < -0.39 is 6.09 Å². The fourth-order valence-electron chi connectivity index (χ4n) is 2.81. The van der Waals surface area contributed by atoms with Crippen molar-refractivity contribution in [2.45, 2.75) is 12.5 Å². The first-order valence-electron chi connectivity index (χ1n) is 7.33. The van der Waals surface area contributed by atoms with Crippen LogP contribution in [0, 0.1) is 5.82 Å². The van der Waals surface area contributed by atoms with Gasteiger partial charge in [0, 0.05) is 32.6 Å². The number of nitrogens with one attached hydrogen (secondary N) is 1. The van der Waals surface area contributed by atoms with Gasteiger partial charge in [-0.15, -0.1) is 0 Å². The molecule has 1 aromatic rings. The fraction of sp³-hybridized carbons (Fsp3) is 0.467. The molecular weight excluding hydrogens is 289 g/mol. The van der Waals surface area contributed by atoms with Crippen LogP contribution in [-0.4, -0.2) is 56.2 Å². The largest absolute Gasteiger partial charge is 0.444 e. The molecule has 2 amide bonds. The predicted molar refractivity (Wildman–Crippen MR) is 78.2 cm³/mol. The van der Waals surface area contributed by atoms with Gasteiger partial charge in [0.25, 0.3) is 0 Å². The van der Waals surface area contributed by atoms with E-state index in [2.05, 4.69) is 5.32 Å². The van der Waals surface area contributed by atoms with Crippen molar-refractivity contribution in [1.29, 1.82) is 0 Å². The number of alkyl carbamates (subject to hydrolysis) is 1. The van der Waals surface area contributed by atoms with Crippen LogP contribution in [0.25, 0.3) is 0 Å². The normalized spacial score (nSPS) is 21.5. The van der Waals surface area contributed by atoms with E-state index in [1.165, 1.54) is 6.07 Å². The van der Waals surface area contributed by atoms with Crippen LogP contribution in [0.4, 0.5) is 14.9 Å². The summed E-state index contributed by atoms with van der Waals surface area (Å²) in [5.74, 6) is -0.283. The molecule has 0 bridgehead atoms. The van der Waals surface area contributed by atoms with E-state index in [1.54, 1.807) is 11.0 Å². The van der Waals surface area contributed by atoms with Gasteiger partial charge in [-0.25, -0.2) is 9.18 Å². The van der Waals surface area contributed by atoms with Gasteiger partial charge in [-0.1, -0.05) is 6.07 Å². The van der Waals surface area contributed by atoms with Gasteiger partial charge in [-0.05, 0) is 17.7 Å². The maximum absolute atomic E-state index is 14.3. The van der Waals surface area contributed by atoms with Crippen molar-refractivity contribution in [3.05, 3.63) is 29.6 Å². The molecule has 2 aliphatic rings. The monoisotopic (exact) mass is 307 g/mol. The summed E-state index contributed by atoms with van der Waals surface area (Å²) in [6, 6.07) is 5.11. The first-order chi connectivity index (χ1) is 10.7. The van der Waals surface area contributed by atoms with Crippen molar-refractivity contribution >= 4 is 18.2 Å². The van der Waals surface area contributed by atoms with Crippen molar-refractivity contribution in [3.8, 4) is 0 Å². The Balaban J connectivity index is 1.64. The Labute approximate surface area is 127 Å². The van der Waals surface area contributed by atoms with Crippen molar-refractivity contribution in [3.63, 3.8) is 0 Å². The summed E-state index contributed by atoms with van der Waals surface area (Å²) in [7, 11) is 0. The molecule has 22 heavy (non-hydrogen) atoms. The Morgan fingerprint density at radius 1 is 1.32 bits per heavy atom. The van der Waals surface area contributed by atoms with Gasteiger partial charge < -0.3 is 19.9 Å². The molecule has 1 aromatic carbocycles. The number of carbonyl (C=O) groups excluding carboxylic acids is 2. The summed E-state index contributed by atoms with van der Waals surface area (Å²) < 4.78 is 19.4. The summed E-state index contributed by atoms with van der Waals surface area (Å²) in [6.07, 6.45) is 0.659. The molecule has 0 radical (unpaired) electrons. The van der Waals surface area contributed by atoms with E-state index in [0.717, 1.165) is 12.0 Å². The van der Waals surface area contributed by atoms with E-state index in [0.29, 0.717) is 44.8 Å². The molecule has 3 rings (SSSR count). The average molecular weight is 307 g/mol. The second-order valence-electron chi connectivity index (χ2n) is 5.53.